The molecule has 18 heteroatoms. The van der Waals surface area contributed by atoms with Crippen LogP contribution in [0.2, 0.25) is 0 Å². The van der Waals surface area contributed by atoms with Gasteiger partial charge in [0.25, 0.3) is 17.7 Å². The summed E-state index contributed by atoms with van der Waals surface area (Å²) in [5.41, 5.74) is -3.64. The Kier molecular flexibility index (Phi) is 8.28. The summed E-state index contributed by atoms with van der Waals surface area (Å²) in [5, 5.41) is 6.92. The van der Waals surface area contributed by atoms with Crippen LogP contribution in [0.15, 0.2) is 48.5 Å². The monoisotopic (exact) mass is 687 g/mol. The number of anilines is 2. The molecule has 0 atom stereocenters. The van der Waals surface area contributed by atoms with Gasteiger partial charge in [0.15, 0.2) is 21.3 Å². The number of hydrogen-bond donors (Lipinski definition) is 3. The number of sulfone groups is 1. The Bertz CT molecular complexity index is 1910. The Balaban J connectivity index is 1.44. The third-order valence-corrected chi connectivity index (χ3v) is 9.56. The van der Waals surface area contributed by atoms with Crippen molar-refractivity contribution in [3.63, 3.8) is 0 Å². The second-order valence-corrected chi connectivity index (χ2v) is 13.1. The van der Waals surface area contributed by atoms with E-state index in [4.69, 9.17) is 4.74 Å². The summed E-state index contributed by atoms with van der Waals surface area (Å²) in [7, 11) is -2.25. The fourth-order valence-corrected chi connectivity index (χ4v) is 5.86. The number of nitrogens with one attached hydrogen (secondary N) is 3. The molecule has 3 amide bonds. The van der Waals surface area contributed by atoms with Gasteiger partial charge in [0.2, 0.25) is 0 Å². The van der Waals surface area contributed by atoms with E-state index in [-0.39, 0.29) is 23.4 Å². The number of amides is 3. The van der Waals surface area contributed by atoms with Crippen molar-refractivity contribution in [3.8, 4) is 17.2 Å². The maximum atomic E-state index is 13.8. The molecule has 1 fully saturated rings. The van der Waals surface area contributed by atoms with Gasteiger partial charge < -0.3 is 30.2 Å². The van der Waals surface area contributed by atoms with E-state index in [1.165, 1.54) is 19.2 Å². The summed E-state index contributed by atoms with van der Waals surface area (Å²) in [6, 6.07) is 6.80. The largest absolute Gasteiger partial charge is 0.586 e. The number of methoxy groups -OCH3 is 1. The van der Waals surface area contributed by atoms with Gasteiger partial charge in [0.05, 0.1) is 34.2 Å². The molecule has 3 aromatic carbocycles. The zero-order valence-electron chi connectivity index (χ0n) is 24.2. The number of carbonyl (C=O) groups is 3. The van der Waals surface area contributed by atoms with Crippen LogP contribution >= 0.6 is 0 Å². The van der Waals surface area contributed by atoms with Gasteiger partial charge in [-0.3, -0.25) is 14.4 Å². The Morgan fingerprint density at radius 3 is 2.13 bits per heavy atom. The lowest BCUT2D eigenvalue weighted by molar-refractivity contribution is -0.286. The first kappa shape index (κ1) is 33.4. The summed E-state index contributed by atoms with van der Waals surface area (Å²) >= 11 is 0. The van der Waals surface area contributed by atoms with E-state index in [1.54, 1.807) is 0 Å². The van der Waals surface area contributed by atoms with Crippen LogP contribution in [-0.4, -0.2) is 57.1 Å². The second-order valence-electron chi connectivity index (χ2n) is 10.7. The molecule has 3 N–H and O–H groups in total. The number of halogens is 6. The Hall–Kier alpha value is -5.00. The molecule has 1 saturated carbocycles. The lowest BCUT2D eigenvalue weighted by Gasteiger charge is -2.16. The zero-order chi connectivity index (χ0) is 34.5. The molecule has 2 aliphatic rings. The van der Waals surface area contributed by atoms with Crippen molar-refractivity contribution in [2.45, 2.75) is 30.1 Å². The van der Waals surface area contributed by atoms with E-state index in [2.05, 4.69) is 25.4 Å². The molecular weight excluding hydrogens is 664 g/mol. The van der Waals surface area contributed by atoms with Crippen LogP contribution in [0.5, 0.6) is 17.2 Å². The van der Waals surface area contributed by atoms with E-state index in [9.17, 15) is 49.1 Å². The van der Waals surface area contributed by atoms with Gasteiger partial charge in [0.1, 0.15) is 11.6 Å². The fraction of sp³-hybridized carbons (Fsp3) is 0.276. The molecule has 0 aromatic heterocycles. The molecule has 0 saturated heterocycles. The van der Waals surface area contributed by atoms with Crippen LogP contribution < -0.4 is 30.2 Å². The van der Waals surface area contributed by atoms with Crippen LogP contribution in [-0.2, 0) is 16.0 Å². The first-order chi connectivity index (χ1) is 21.8. The normalized spacial score (nSPS) is 15.8. The summed E-state index contributed by atoms with van der Waals surface area (Å²) in [6.07, 6.45) is -7.47. The molecule has 5 rings (SSSR count). The van der Waals surface area contributed by atoms with E-state index in [0.29, 0.717) is 25.0 Å². The highest BCUT2D eigenvalue weighted by Crippen LogP contribution is 2.45. The Morgan fingerprint density at radius 2 is 1.53 bits per heavy atom. The predicted octanol–water partition coefficient (Wildman–Crippen LogP) is 4.99. The highest BCUT2D eigenvalue weighted by molar-refractivity contribution is 7.92. The van der Waals surface area contributed by atoms with Crippen LogP contribution in [0, 0.1) is 5.82 Å². The number of benzene rings is 3. The Labute approximate surface area is 262 Å². The number of hydrogen-bond acceptors (Lipinski definition) is 8. The molecule has 11 nitrogen and oxygen atoms in total. The molecule has 3 aromatic rings. The molecule has 1 aliphatic heterocycles. The van der Waals surface area contributed by atoms with Gasteiger partial charge in [0, 0.05) is 30.1 Å². The number of carbonyl (C=O) groups excluding carboxylic acids is 3. The fourth-order valence-electron chi connectivity index (χ4n) is 4.68. The van der Waals surface area contributed by atoms with Gasteiger partial charge >= 0.3 is 12.5 Å². The molecular formula is C29H23F6N3O8S. The molecule has 47 heavy (non-hydrogen) atoms. The average Bonchev–Trinajstić information content (AvgIpc) is 3.72. The smallest absolute Gasteiger partial charge is 0.496 e. The highest BCUT2D eigenvalue weighted by Gasteiger charge is 2.52. The van der Waals surface area contributed by atoms with Gasteiger partial charge in [-0.2, -0.15) is 13.2 Å². The van der Waals surface area contributed by atoms with Crippen molar-refractivity contribution < 1.29 is 63.4 Å². The zero-order valence-corrected chi connectivity index (χ0v) is 25.0. The minimum absolute atomic E-state index is 0.0712. The first-order valence-electron chi connectivity index (χ1n) is 13.4. The van der Waals surface area contributed by atoms with Crippen molar-refractivity contribution in [3.05, 3.63) is 76.6 Å². The van der Waals surface area contributed by atoms with Crippen molar-refractivity contribution >= 4 is 38.9 Å². The average molecular weight is 688 g/mol. The third-order valence-electron chi connectivity index (χ3n) is 7.44. The van der Waals surface area contributed by atoms with E-state index in [0.717, 1.165) is 30.5 Å². The molecule has 0 radical (unpaired) electrons. The van der Waals surface area contributed by atoms with Gasteiger partial charge in [-0.1, -0.05) is 0 Å². The topological polar surface area (TPSA) is 149 Å². The second kappa shape index (κ2) is 11.7. The summed E-state index contributed by atoms with van der Waals surface area (Å²) in [4.78, 5) is 39.5. The predicted molar refractivity (Wildman–Crippen MR) is 152 cm³/mol. The van der Waals surface area contributed by atoms with Crippen LogP contribution in [0.3, 0.4) is 0 Å². The molecule has 0 unspecified atom stereocenters. The van der Waals surface area contributed by atoms with Crippen LogP contribution in [0.1, 0.15) is 49.5 Å². The van der Waals surface area contributed by atoms with Crippen LogP contribution in [0.4, 0.5) is 37.7 Å². The number of alkyl halides is 5. The minimum Gasteiger partial charge on any atom is -0.496 e. The number of ether oxygens (including phenoxy) is 3. The van der Waals surface area contributed by atoms with E-state index in [1.807, 2.05) is 0 Å². The Morgan fingerprint density at radius 1 is 0.894 bits per heavy atom. The highest BCUT2D eigenvalue weighted by atomic mass is 32.2. The van der Waals surface area contributed by atoms with E-state index < -0.39 is 84.6 Å². The van der Waals surface area contributed by atoms with Crippen molar-refractivity contribution in [1.29, 1.82) is 0 Å². The van der Waals surface area contributed by atoms with Crippen LogP contribution in [0.25, 0.3) is 0 Å². The maximum absolute atomic E-state index is 13.8. The minimum atomic E-state index is -5.11. The lowest BCUT2D eigenvalue weighted by atomic mass is 10.1. The van der Waals surface area contributed by atoms with Gasteiger partial charge in [-0.25, -0.2) is 12.8 Å². The van der Waals surface area contributed by atoms with Gasteiger partial charge in [-0.05, 0) is 55.3 Å². The maximum Gasteiger partial charge on any atom is 0.586 e. The quantitative estimate of drug-likeness (QED) is 0.267. The van der Waals surface area contributed by atoms with Crippen molar-refractivity contribution in [1.82, 2.24) is 5.32 Å². The molecule has 250 valence electrons. The summed E-state index contributed by atoms with van der Waals surface area (Å²) < 4.78 is 118. The molecule has 0 spiro atoms. The van der Waals surface area contributed by atoms with Gasteiger partial charge in [-0.15, -0.1) is 8.78 Å². The van der Waals surface area contributed by atoms with Crippen molar-refractivity contribution in [2.75, 3.05) is 30.5 Å². The summed E-state index contributed by atoms with van der Waals surface area (Å²) in [5.74, 6) is -5.91. The molecule has 0 bridgehead atoms. The third kappa shape index (κ3) is 6.91. The number of rotatable bonds is 9. The molecule has 1 heterocycles. The van der Waals surface area contributed by atoms with Crippen molar-refractivity contribution in [2.24, 2.45) is 0 Å². The standard InChI is InChI=1S/C29H23F6N3O8S/c1-44-21-6-3-14(24(39)36-13-27(7-8-27)47(2,42)43)9-17(21)26(41)38-20-12-23-22(45-29(34,35)46-23)11-16(20)25(40)37-15-4-5-19(30)18(10-15)28(31,32)33/h3-6,9-12H,7-8,13H2,1-2H3,(H,36,39)(H,37,40)(H,38,41). The van der Waals surface area contributed by atoms with E-state index >= 15 is 0 Å². The first-order valence-corrected chi connectivity index (χ1v) is 15.3. The molecule has 1 aliphatic carbocycles. The lowest BCUT2D eigenvalue weighted by Crippen LogP contribution is -2.38. The summed E-state index contributed by atoms with van der Waals surface area (Å²) in [6.45, 7) is -0.170. The number of fused-ring (bicyclic) bond motifs is 1. The SMILES string of the molecule is COc1ccc(C(=O)NCC2(S(C)(=O)=O)CC2)cc1C(=O)Nc1cc2c(cc1C(=O)Nc1ccc(F)c(C(F)(F)F)c1)OC(F)(F)O2.